The summed E-state index contributed by atoms with van der Waals surface area (Å²) in [6.07, 6.45) is 4.20. The van der Waals surface area contributed by atoms with Crippen LogP contribution in [0.3, 0.4) is 0 Å². The molecule has 0 atom stereocenters. The minimum Gasteiger partial charge on any atom is -0.490 e. The quantitative estimate of drug-likeness (QED) is 0.703. The number of benzene rings is 2. The first-order valence-electron chi connectivity index (χ1n) is 10.3. The smallest absolute Gasteiger partial charge is 0.119 e. The first-order chi connectivity index (χ1) is 13.4. The molecule has 2 aromatic rings. The molecular weight excluding hydrogens is 344 g/mol. The van der Waals surface area contributed by atoms with Gasteiger partial charge in [-0.05, 0) is 57.0 Å². The number of rotatable bonds is 6. The van der Waals surface area contributed by atoms with Gasteiger partial charge < -0.3 is 4.74 Å². The highest BCUT2D eigenvalue weighted by molar-refractivity contribution is 5.49. The largest absolute Gasteiger partial charge is 0.490 e. The van der Waals surface area contributed by atoms with Crippen LogP contribution in [-0.4, -0.2) is 48.1 Å². The Labute approximate surface area is 170 Å². The molecule has 0 amide bonds. The molecule has 3 heteroatoms. The predicted molar refractivity (Wildman–Crippen MR) is 119 cm³/mol. The summed E-state index contributed by atoms with van der Waals surface area (Å²) in [5.41, 5.74) is 4.13. The van der Waals surface area contributed by atoms with Gasteiger partial charge in [0.1, 0.15) is 12.4 Å². The van der Waals surface area contributed by atoms with Crippen LogP contribution in [0.4, 0.5) is 0 Å². The minimum atomic E-state index is 0.281. The fourth-order valence-electron chi connectivity index (χ4n) is 3.53. The van der Waals surface area contributed by atoms with E-state index in [1.54, 1.807) is 0 Å². The number of hydrogen-bond acceptors (Lipinski definition) is 3. The molecule has 0 N–H and O–H groups in total. The molecule has 3 rings (SSSR count). The average Bonchev–Trinajstić information content (AvgIpc) is 2.68. The lowest BCUT2D eigenvalue weighted by molar-refractivity contribution is 0.0591. The minimum absolute atomic E-state index is 0.281. The molecule has 150 valence electrons. The van der Waals surface area contributed by atoms with Crippen LogP contribution in [0.1, 0.15) is 37.5 Å². The molecule has 28 heavy (non-hydrogen) atoms. The van der Waals surface area contributed by atoms with Crippen molar-refractivity contribution in [3.05, 3.63) is 71.3 Å². The normalized spacial score (nSPS) is 16.6. The summed E-state index contributed by atoms with van der Waals surface area (Å²) in [5, 5.41) is 0. The van der Waals surface area contributed by atoms with E-state index in [9.17, 15) is 0 Å². The van der Waals surface area contributed by atoms with Gasteiger partial charge in [-0.3, -0.25) is 9.80 Å². The molecule has 0 spiro atoms. The lowest BCUT2D eigenvalue weighted by atomic mass is 10.0. The molecule has 1 aliphatic rings. The SMILES string of the molecule is Cc1ccc(OC/C=C/c2ccc(CN3CCN(C(C)(C)C)CC3)cc2)cc1. The maximum atomic E-state index is 5.74. The zero-order chi connectivity index (χ0) is 20.0. The molecule has 1 heterocycles. The Bertz CT molecular complexity index is 749. The fraction of sp³-hybridized carbons (Fsp3) is 0.440. The lowest BCUT2D eigenvalue weighted by Crippen LogP contribution is -2.53. The molecule has 1 fully saturated rings. The van der Waals surface area contributed by atoms with Gasteiger partial charge in [-0.25, -0.2) is 0 Å². The van der Waals surface area contributed by atoms with E-state index in [1.807, 2.05) is 12.1 Å². The first kappa shape index (κ1) is 20.6. The second-order valence-corrected chi connectivity index (χ2v) is 8.70. The first-order valence-corrected chi connectivity index (χ1v) is 10.3. The summed E-state index contributed by atoms with van der Waals surface area (Å²) in [5.74, 6) is 0.914. The van der Waals surface area contributed by atoms with Crippen molar-refractivity contribution in [1.82, 2.24) is 9.80 Å². The standard InChI is InChI=1S/C25H34N2O/c1-21-7-13-24(14-8-21)28-19-5-6-22-9-11-23(12-10-22)20-26-15-17-27(18-16-26)25(2,3)4/h5-14H,15-20H2,1-4H3/b6-5+. The van der Waals surface area contributed by atoms with Crippen molar-refractivity contribution in [1.29, 1.82) is 0 Å². The van der Waals surface area contributed by atoms with Crippen molar-refractivity contribution in [2.45, 2.75) is 39.8 Å². The zero-order valence-electron chi connectivity index (χ0n) is 17.8. The van der Waals surface area contributed by atoms with Gasteiger partial charge in [-0.15, -0.1) is 0 Å². The molecule has 0 radical (unpaired) electrons. The number of ether oxygens (including phenoxy) is 1. The molecule has 1 aliphatic heterocycles. The van der Waals surface area contributed by atoms with E-state index in [4.69, 9.17) is 4.74 Å². The van der Waals surface area contributed by atoms with Crippen LogP contribution in [0.2, 0.25) is 0 Å². The molecular formula is C25H34N2O. The van der Waals surface area contributed by atoms with Gasteiger partial charge in [0.25, 0.3) is 0 Å². The van der Waals surface area contributed by atoms with E-state index in [1.165, 1.54) is 16.7 Å². The molecule has 3 nitrogen and oxygen atoms in total. The van der Waals surface area contributed by atoms with Crippen molar-refractivity contribution in [3.8, 4) is 5.75 Å². The second-order valence-electron chi connectivity index (χ2n) is 8.70. The summed E-state index contributed by atoms with van der Waals surface area (Å²) in [6, 6.07) is 17.1. The Kier molecular flexibility index (Phi) is 6.93. The summed E-state index contributed by atoms with van der Waals surface area (Å²) in [6.45, 7) is 15.2. The number of nitrogens with zero attached hydrogens (tertiary/aromatic N) is 2. The highest BCUT2D eigenvalue weighted by Gasteiger charge is 2.25. The third kappa shape index (κ3) is 6.22. The van der Waals surface area contributed by atoms with E-state index >= 15 is 0 Å². The Morgan fingerprint density at radius 2 is 1.54 bits per heavy atom. The van der Waals surface area contributed by atoms with Crippen LogP contribution in [0, 0.1) is 6.92 Å². The third-order valence-corrected chi connectivity index (χ3v) is 5.38. The number of piperazine rings is 1. The topological polar surface area (TPSA) is 15.7 Å². The molecule has 0 aliphatic carbocycles. The van der Waals surface area contributed by atoms with Gasteiger partial charge in [-0.2, -0.15) is 0 Å². The summed E-state index contributed by atoms with van der Waals surface area (Å²) in [7, 11) is 0. The predicted octanol–water partition coefficient (Wildman–Crippen LogP) is 5.00. The molecule has 1 saturated heterocycles. The molecule has 0 bridgehead atoms. The molecule has 0 unspecified atom stereocenters. The van der Waals surface area contributed by atoms with Gasteiger partial charge in [0.15, 0.2) is 0 Å². The van der Waals surface area contributed by atoms with Crippen LogP contribution in [0.15, 0.2) is 54.6 Å². The molecule has 0 saturated carbocycles. The van der Waals surface area contributed by atoms with Gasteiger partial charge >= 0.3 is 0 Å². The average molecular weight is 379 g/mol. The van der Waals surface area contributed by atoms with Gasteiger partial charge in [0, 0.05) is 38.3 Å². The number of aryl methyl sites for hydroxylation is 1. The Morgan fingerprint density at radius 3 is 2.14 bits per heavy atom. The van der Waals surface area contributed by atoms with Gasteiger partial charge in [0.05, 0.1) is 0 Å². The summed E-state index contributed by atoms with van der Waals surface area (Å²) < 4.78 is 5.74. The summed E-state index contributed by atoms with van der Waals surface area (Å²) in [4.78, 5) is 5.14. The van der Waals surface area contributed by atoms with Gasteiger partial charge in [0.2, 0.25) is 0 Å². The molecule has 0 aromatic heterocycles. The van der Waals surface area contributed by atoms with Crippen molar-refractivity contribution in [2.24, 2.45) is 0 Å². The van der Waals surface area contributed by atoms with Crippen LogP contribution in [0.5, 0.6) is 5.75 Å². The summed E-state index contributed by atoms with van der Waals surface area (Å²) >= 11 is 0. The second kappa shape index (κ2) is 9.40. The Morgan fingerprint density at radius 1 is 0.893 bits per heavy atom. The van der Waals surface area contributed by atoms with E-state index < -0.39 is 0 Å². The van der Waals surface area contributed by atoms with Crippen molar-refractivity contribution >= 4 is 6.08 Å². The Hall–Kier alpha value is -2.10. The van der Waals surface area contributed by atoms with Crippen LogP contribution < -0.4 is 4.74 Å². The Balaban J connectivity index is 1.43. The van der Waals surface area contributed by atoms with E-state index in [-0.39, 0.29) is 5.54 Å². The van der Waals surface area contributed by atoms with Gasteiger partial charge in [-0.1, -0.05) is 48.0 Å². The zero-order valence-corrected chi connectivity index (χ0v) is 17.8. The van der Waals surface area contributed by atoms with E-state index in [0.29, 0.717) is 6.61 Å². The highest BCUT2D eigenvalue weighted by Crippen LogP contribution is 2.17. The van der Waals surface area contributed by atoms with Crippen LogP contribution >= 0.6 is 0 Å². The maximum Gasteiger partial charge on any atom is 0.119 e. The van der Waals surface area contributed by atoms with Crippen molar-refractivity contribution < 1.29 is 4.74 Å². The lowest BCUT2D eigenvalue weighted by Gasteiger charge is -2.42. The monoisotopic (exact) mass is 378 g/mol. The highest BCUT2D eigenvalue weighted by atomic mass is 16.5. The van der Waals surface area contributed by atoms with Crippen LogP contribution in [-0.2, 0) is 6.54 Å². The molecule has 2 aromatic carbocycles. The maximum absolute atomic E-state index is 5.74. The van der Waals surface area contributed by atoms with E-state index in [0.717, 1.165) is 38.5 Å². The van der Waals surface area contributed by atoms with E-state index in [2.05, 4.69) is 86.0 Å². The van der Waals surface area contributed by atoms with Crippen molar-refractivity contribution in [3.63, 3.8) is 0 Å². The number of hydrogen-bond donors (Lipinski definition) is 0. The van der Waals surface area contributed by atoms with Crippen molar-refractivity contribution in [2.75, 3.05) is 32.8 Å². The third-order valence-electron chi connectivity index (χ3n) is 5.38. The fourth-order valence-corrected chi connectivity index (χ4v) is 3.53. The van der Waals surface area contributed by atoms with Crippen LogP contribution in [0.25, 0.3) is 6.08 Å².